The molecule has 0 fully saturated rings. The predicted octanol–water partition coefficient (Wildman–Crippen LogP) is 1.39. The molecule has 92 valence electrons. The van der Waals surface area contributed by atoms with Crippen LogP contribution in [0.3, 0.4) is 0 Å². The van der Waals surface area contributed by atoms with Gasteiger partial charge in [0.1, 0.15) is 0 Å². The van der Waals surface area contributed by atoms with Crippen LogP contribution in [0.4, 0.5) is 11.4 Å². The Morgan fingerprint density at radius 2 is 2.35 bits per heavy atom. The van der Waals surface area contributed by atoms with Crippen LogP contribution in [0.2, 0.25) is 0 Å². The molecule has 2 N–H and O–H groups in total. The van der Waals surface area contributed by atoms with E-state index in [1.54, 1.807) is 6.92 Å². The number of aliphatic hydroxyl groups is 1. The van der Waals surface area contributed by atoms with E-state index >= 15 is 0 Å². The molecule has 0 saturated heterocycles. The van der Waals surface area contributed by atoms with Gasteiger partial charge in [-0.15, -0.1) is 0 Å². The Morgan fingerprint density at radius 3 is 3.06 bits per heavy atom. The van der Waals surface area contributed by atoms with Gasteiger partial charge < -0.3 is 15.3 Å². The molecule has 1 aliphatic heterocycles. The summed E-state index contributed by atoms with van der Waals surface area (Å²) in [5.74, 6) is 0.102. The van der Waals surface area contributed by atoms with Gasteiger partial charge in [0.2, 0.25) is 5.91 Å². The first-order chi connectivity index (χ1) is 8.22. The number of amides is 1. The number of carbonyl (C=O) groups is 1. The third kappa shape index (κ3) is 2.58. The molecule has 1 aromatic carbocycles. The molecule has 0 aliphatic carbocycles. The zero-order valence-electron chi connectivity index (χ0n) is 10.1. The van der Waals surface area contributed by atoms with E-state index in [4.69, 9.17) is 5.11 Å². The smallest absolute Gasteiger partial charge is 0.223 e. The van der Waals surface area contributed by atoms with Gasteiger partial charge in [0.15, 0.2) is 0 Å². The molecule has 0 atom stereocenters. The minimum Gasteiger partial charge on any atom is -0.396 e. The molecule has 17 heavy (non-hydrogen) atoms. The van der Waals surface area contributed by atoms with Crippen molar-refractivity contribution in [2.45, 2.75) is 19.8 Å². The van der Waals surface area contributed by atoms with Crippen LogP contribution in [0.25, 0.3) is 0 Å². The number of fused-ring (bicyclic) bond motifs is 1. The molecule has 0 bridgehead atoms. The molecule has 1 amide bonds. The lowest BCUT2D eigenvalue weighted by Crippen LogP contribution is -2.25. The summed E-state index contributed by atoms with van der Waals surface area (Å²) in [4.78, 5) is 13.2. The summed E-state index contributed by atoms with van der Waals surface area (Å²) in [6, 6.07) is 6.07. The quantitative estimate of drug-likeness (QED) is 0.774. The molecule has 1 aromatic rings. The monoisotopic (exact) mass is 234 g/mol. The first-order valence-corrected chi connectivity index (χ1v) is 5.98. The van der Waals surface area contributed by atoms with E-state index in [1.807, 2.05) is 17.0 Å². The van der Waals surface area contributed by atoms with Crippen molar-refractivity contribution in [3.63, 3.8) is 0 Å². The Labute approximate surface area is 101 Å². The van der Waals surface area contributed by atoms with E-state index < -0.39 is 0 Å². The largest absolute Gasteiger partial charge is 0.396 e. The van der Waals surface area contributed by atoms with Crippen molar-refractivity contribution in [3.05, 3.63) is 23.8 Å². The van der Waals surface area contributed by atoms with Gasteiger partial charge in [0.05, 0.1) is 0 Å². The van der Waals surface area contributed by atoms with Crippen LogP contribution in [0.5, 0.6) is 0 Å². The van der Waals surface area contributed by atoms with Crippen molar-refractivity contribution in [1.82, 2.24) is 0 Å². The normalized spacial score (nSPS) is 13.6. The molecule has 4 nitrogen and oxygen atoms in total. The molecule has 0 spiro atoms. The molecule has 1 aliphatic rings. The lowest BCUT2D eigenvalue weighted by Gasteiger charge is -2.15. The first kappa shape index (κ1) is 11.9. The van der Waals surface area contributed by atoms with E-state index in [0.29, 0.717) is 0 Å². The molecule has 4 heteroatoms. The van der Waals surface area contributed by atoms with Gasteiger partial charge in [-0.3, -0.25) is 4.79 Å². The third-order valence-corrected chi connectivity index (χ3v) is 3.02. The number of anilines is 2. The summed E-state index contributed by atoms with van der Waals surface area (Å²) in [7, 11) is 0. The number of nitrogens with one attached hydrogen (secondary N) is 1. The number of rotatable bonds is 4. The second kappa shape index (κ2) is 5.19. The summed E-state index contributed by atoms with van der Waals surface area (Å²) in [6.07, 6.45) is 1.67. The zero-order chi connectivity index (χ0) is 12.3. The van der Waals surface area contributed by atoms with Gasteiger partial charge in [-0.1, -0.05) is 0 Å². The SMILES string of the molecule is CC(=O)N1CCc2cc(NCCCO)ccc21. The highest BCUT2D eigenvalue weighted by Crippen LogP contribution is 2.30. The molecular formula is C13H18N2O2. The van der Waals surface area contributed by atoms with Gasteiger partial charge in [-0.05, 0) is 36.6 Å². The van der Waals surface area contributed by atoms with Crippen LogP contribution in [-0.4, -0.2) is 30.7 Å². The summed E-state index contributed by atoms with van der Waals surface area (Å²) >= 11 is 0. The fourth-order valence-corrected chi connectivity index (χ4v) is 2.15. The predicted molar refractivity (Wildman–Crippen MR) is 68.4 cm³/mol. The number of carbonyl (C=O) groups excluding carboxylic acids is 1. The third-order valence-electron chi connectivity index (χ3n) is 3.02. The molecule has 0 aromatic heterocycles. The van der Waals surface area contributed by atoms with Gasteiger partial charge in [0.25, 0.3) is 0 Å². The van der Waals surface area contributed by atoms with Gasteiger partial charge in [-0.2, -0.15) is 0 Å². The van der Waals surface area contributed by atoms with E-state index in [1.165, 1.54) is 5.56 Å². The van der Waals surface area contributed by atoms with Crippen molar-refractivity contribution in [2.24, 2.45) is 0 Å². The molecule has 2 rings (SSSR count). The summed E-state index contributed by atoms with van der Waals surface area (Å²) in [6.45, 7) is 3.36. The van der Waals surface area contributed by atoms with Crippen molar-refractivity contribution >= 4 is 17.3 Å². The van der Waals surface area contributed by atoms with Gasteiger partial charge >= 0.3 is 0 Å². The maximum absolute atomic E-state index is 11.4. The van der Waals surface area contributed by atoms with E-state index in [9.17, 15) is 4.79 Å². The second-order valence-electron chi connectivity index (χ2n) is 4.27. The molecule has 1 heterocycles. The fraction of sp³-hybridized carbons (Fsp3) is 0.462. The van der Waals surface area contributed by atoms with Crippen LogP contribution in [-0.2, 0) is 11.2 Å². The zero-order valence-corrected chi connectivity index (χ0v) is 10.1. The average molecular weight is 234 g/mol. The number of nitrogens with zero attached hydrogens (tertiary/aromatic N) is 1. The highest BCUT2D eigenvalue weighted by atomic mass is 16.3. The Balaban J connectivity index is 2.08. The minimum atomic E-state index is 0.102. The average Bonchev–Trinajstić information content (AvgIpc) is 2.72. The van der Waals surface area contributed by atoms with Crippen molar-refractivity contribution in [3.8, 4) is 0 Å². The number of benzene rings is 1. The standard InChI is InChI=1S/C13H18N2O2/c1-10(17)15-7-5-11-9-12(3-4-13(11)15)14-6-2-8-16/h3-4,9,14,16H,2,5-8H2,1H3. The fourth-order valence-electron chi connectivity index (χ4n) is 2.15. The maximum Gasteiger partial charge on any atom is 0.223 e. The van der Waals surface area contributed by atoms with Crippen molar-refractivity contribution < 1.29 is 9.90 Å². The number of hydrogen-bond acceptors (Lipinski definition) is 3. The molecule has 0 unspecified atom stereocenters. The molecule has 0 saturated carbocycles. The van der Waals surface area contributed by atoms with E-state index in [0.717, 1.165) is 37.3 Å². The summed E-state index contributed by atoms with van der Waals surface area (Å²) in [5, 5.41) is 12.0. The van der Waals surface area contributed by atoms with Crippen LogP contribution in [0, 0.1) is 0 Å². The summed E-state index contributed by atoms with van der Waals surface area (Å²) < 4.78 is 0. The van der Waals surface area contributed by atoms with Crippen LogP contribution < -0.4 is 10.2 Å². The Hall–Kier alpha value is -1.55. The first-order valence-electron chi connectivity index (χ1n) is 5.98. The maximum atomic E-state index is 11.4. The Bertz CT molecular complexity index is 418. The Morgan fingerprint density at radius 1 is 1.53 bits per heavy atom. The highest BCUT2D eigenvalue weighted by Gasteiger charge is 2.21. The van der Waals surface area contributed by atoms with Crippen molar-refractivity contribution in [1.29, 1.82) is 0 Å². The van der Waals surface area contributed by atoms with Crippen molar-refractivity contribution in [2.75, 3.05) is 29.9 Å². The number of aliphatic hydroxyl groups excluding tert-OH is 1. The van der Waals surface area contributed by atoms with Gasteiger partial charge in [0, 0.05) is 38.0 Å². The lowest BCUT2D eigenvalue weighted by molar-refractivity contribution is -0.116. The van der Waals surface area contributed by atoms with E-state index in [-0.39, 0.29) is 12.5 Å². The highest BCUT2D eigenvalue weighted by molar-refractivity contribution is 5.94. The second-order valence-corrected chi connectivity index (χ2v) is 4.27. The number of hydrogen-bond donors (Lipinski definition) is 2. The topological polar surface area (TPSA) is 52.6 Å². The molecule has 0 radical (unpaired) electrons. The molecular weight excluding hydrogens is 216 g/mol. The minimum absolute atomic E-state index is 0.102. The Kier molecular flexibility index (Phi) is 3.64. The van der Waals surface area contributed by atoms with Crippen LogP contribution >= 0.6 is 0 Å². The van der Waals surface area contributed by atoms with Crippen LogP contribution in [0.1, 0.15) is 18.9 Å². The van der Waals surface area contributed by atoms with Gasteiger partial charge in [-0.25, -0.2) is 0 Å². The van der Waals surface area contributed by atoms with Crippen LogP contribution in [0.15, 0.2) is 18.2 Å². The lowest BCUT2D eigenvalue weighted by atomic mass is 10.1. The van der Waals surface area contributed by atoms with E-state index in [2.05, 4.69) is 11.4 Å². The summed E-state index contributed by atoms with van der Waals surface area (Å²) in [5.41, 5.74) is 3.31.